The van der Waals surface area contributed by atoms with Gasteiger partial charge < -0.3 is 5.11 Å². The monoisotopic (exact) mass is 228 g/mol. The van der Waals surface area contributed by atoms with E-state index in [0.29, 0.717) is 5.75 Å². The summed E-state index contributed by atoms with van der Waals surface area (Å²) in [5.41, 5.74) is 1.17. The lowest BCUT2D eigenvalue weighted by molar-refractivity contribution is 0.475. The maximum Gasteiger partial charge on any atom is 0.138 e. The molecule has 2 nitrogen and oxygen atoms in total. The molecule has 1 aromatic rings. The van der Waals surface area contributed by atoms with E-state index in [1.807, 2.05) is 19.1 Å². The lowest BCUT2D eigenvalue weighted by Gasteiger charge is -1.89. The zero-order valence-electron chi connectivity index (χ0n) is 6.48. The summed E-state index contributed by atoms with van der Waals surface area (Å²) in [5, 5.41) is 8.76. The Labute approximate surface area is 86.4 Å². The van der Waals surface area contributed by atoms with Gasteiger partial charge in [0.1, 0.15) is 14.9 Å². The molecule has 0 heterocycles. The molecule has 5 heteroatoms. The molecule has 70 valence electrons. The van der Waals surface area contributed by atoms with Gasteiger partial charge in [0.05, 0.1) is 0 Å². The molecule has 0 aliphatic carbocycles. The van der Waals surface area contributed by atoms with Crippen LogP contribution in [0.3, 0.4) is 0 Å². The van der Waals surface area contributed by atoms with E-state index in [2.05, 4.69) is 0 Å². The van der Waals surface area contributed by atoms with E-state index in [-0.39, 0.29) is 24.8 Å². The van der Waals surface area contributed by atoms with Gasteiger partial charge in [-0.3, -0.25) is 4.57 Å². The van der Waals surface area contributed by atoms with Crippen molar-refractivity contribution >= 4 is 33.9 Å². The Morgan fingerprint density at radius 2 is 1.42 bits per heavy atom. The normalized spacial score (nSPS) is 6.42. The van der Waals surface area contributed by atoms with Crippen LogP contribution in [0.2, 0.25) is 0 Å². The van der Waals surface area contributed by atoms with Gasteiger partial charge in [-0.15, -0.1) is 24.8 Å². The molecule has 0 saturated heterocycles. The number of phenolic OH excluding ortho intramolecular Hbond substituents is 1. The molecule has 0 radical (unpaired) electrons. The molecule has 0 saturated carbocycles. The summed E-state index contributed by atoms with van der Waals surface area (Å²) < 4.78 is 8.06. The van der Waals surface area contributed by atoms with Crippen molar-refractivity contribution in [3.05, 3.63) is 29.8 Å². The highest BCUT2D eigenvalue weighted by atomic mass is 35.5. The third-order valence-electron chi connectivity index (χ3n) is 1.03. The molecule has 0 fully saturated rings. The average Bonchev–Trinajstić information content (AvgIpc) is 2.00. The Morgan fingerprint density at radius 3 is 1.67 bits per heavy atom. The van der Waals surface area contributed by atoms with Crippen LogP contribution in [-0.4, -0.2) is 5.11 Å². The largest absolute Gasteiger partial charge is 0.508 e. The number of halogens is 2. The van der Waals surface area contributed by atoms with Gasteiger partial charge in [-0.05, 0) is 19.1 Å². The third kappa shape index (κ3) is 7.80. The van der Waals surface area contributed by atoms with Crippen LogP contribution in [0.5, 0.6) is 5.75 Å². The number of phenols is 1. The van der Waals surface area contributed by atoms with E-state index in [0.717, 1.165) is 0 Å². The van der Waals surface area contributed by atoms with Gasteiger partial charge in [0.25, 0.3) is 0 Å². The predicted octanol–water partition coefficient (Wildman–Crippen LogP) is 3.02. The van der Waals surface area contributed by atoms with Gasteiger partial charge in [0.15, 0.2) is 0 Å². The highest BCUT2D eigenvalue weighted by Crippen LogP contribution is 2.07. The van der Waals surface area contributed by atoms with Gasteiger partial charge in [0.2, 0.25) is 0 Å². The summed E-state index contributed by atoms with van der Waals surface area (Å²) in [6.07, 6.45) is 0. The number of hydrogen-bond donors (Lipinski definition) is 1. The van der Waals surface area contributed by atoms with Crippen LogP contribution < -0.4 is 0 Å². The molecule has 0 aliphatic heterocycles. The Morgan fingerprint density at radius 1 is 1.08 bits per heavy atom. The van der Waals surface area contributed by atoms with Crippen molar-refractivity contribution in [2.45, 2.75) is 6.92 Å². The lowest BCUT2D eigenvalue weighted by atomic mass is 10.2. The minimum Gasteiger partial charge on any atom is -0.508 e. The summed E-state index contributed by atoms with van der Waals surface area (Å²) in [5.74, 6) is 0.329. The first-order valence-electron chi connectivity index (χ1n) is 2.75. The number of hydrogen-bond acceptors (Lipinski definition) is 2. The van der Waals surface area contributed by atoms with E-state index < -0.39 is 0 Å². The maximum atomic E-state index is 8.76. The number of aryl methyl sites for hydroxylation is 1. The molecule has 0 amide bonds. The lowest BCUT2D eigenvalue weighted by Crippen LogP contribution is -1.66. The first-order valence-corrected chi connectivity index (χ1v) is 3.16. The highest BCUT2D eigenvalue weighted by Gasteiger charge is 1.82. The quantitative estimate of drug-likeness (QED) is 0.694. The summed E-state index contributed by atoms with van der Waals surface area (Å²) in [6, 6.07) is 7.09. The molecule has 0 spiro atoms. The van der Waals surface area contributed by atoms with Crippen LogP contribution in [-0.2, 0) is 4.57 Å². The molecule has 0 unspecified atom stereocenters. The van der Waals surface area contributed by atoms with Gasteiger partial charge in [-0.2, -0.15) is 0 Å². The Kier molecular flexibility index (Phi) is 15.8. The second-order valence-corrected chi connectivity index (χ2v) is 1.84. The van der Waals surface area contributed by atoms with E-state index in [4.69, 9.17) is 9.67 Å². The maximum absolute atomic E-state index is 8.76. The van der Waals surface area contributed by atoms with Gasteiger partial charge in [-0.1, -0.05) is 17.7 Å². The second-order valence-electron chi connectivity index (χ2n) is 1.84. The molecule has 0 aliphatic rings. The fourth-order valence-corrected chi connectivity index (χ4v) is 0.545. The van der Waals surface area contributed by atoms with Crippen molar-refractivity contribution in [2.24, 2.45) is 0 Å². The van der Waals surface area contributed by atoms with Crippen molar-refractivity contribution in [3.8, 4) is 5.75 Å². The molecule has 12 heavy (non-hydrogen) atoms. The van der Waals surface area contributed by atoms with Crippen molar-refractivity contribution in [1.82, 2.24) is 0 Å². The van der Waals surface area contributed by atoms with Crippen LogP contribution in [0.25, 0.3) is 0 Å². The Bertz CT molecular complexity index is 170. The average molecular weight is 229 g/mol. The first-order chi connectivity index (χ1) is 4.79. The zero-order chi connectivity index (χ0) is 7.98. The molecule has 0 aromatic heterocycles. The predicted molar refractivity (Wildman–Crippen MR) is 56.3 cm³/mol. The third-order valence-corrected chi connectivity index (χ3v) is 1.03. The minimum atomic E-state index is 0. The standard InChI is InChI=1S/C7H8O.2ClH.HOP/c1-6-2-4-7(8)5-3-6;;;1-2/h2-5,8H,1H3;2*1H;2H. The van der Waals surface area contributed by atoms with E-state index in [1.54, 1.807) is 21.3 Å². The molecule has 1 rings (SSSR count). The van der Waals surface area contributed by atoms with Gasteiger partial charge in [0, 0.05) is 0 Å². The molecule has 0 atom stereocenters. The van der Waals surface area contributed by atoms with Gasteiger partial charge in [-0.25, -0.2) is 0 Å². The topological polar surface area (TPSA) is 37.3 Å². The summed E-state index contributed by atoms with van der Waals surface area (Å²) in [6.45, 7) is 1.99. The highest BCUT2D eigenvalue weighted by molar-refractivity contribution is 7.00. The molecular formula is C7H11Cl2O2P. The van der Waals surface area contributed by atoms with E-state index >= 15 is 0 Å². The molecule has 1 N–H and O–H groups in total. The summed E-state index contributed by atoms with van der Waals surface area (Å²) in [7, 11) is 1.72. The number of benzene rings is 1. The van der Waals surface area contributed by atoms with E-state index in [1.165, 1.54) is 5.56 Å². The summed E-state index contributed by atoms with van der Waals surface area (Å²) in [4.78, 5) is 0. The number of rotatable bonds is 0. The van der Waals surface area contributed by atoms with Crippen molar-refractivity contribution in [3.63, 3.8) is 0 Å². The van der Waals surface area contributed by atoms with Crippen molar-refractivity contribution in [1.29, 1.82) is 0 Å². The van der Waals surface area contributed by atoms with Crippen molar-refractivity contribution in [2.75, 3.05) is 0 Å². The fraction of sp³-hybridized carbons (Fsp3) is 0.143. The van der Waals surface area contributed by atoms with Crippen LogP contribution >= 0.6 is 33.9 Å². The second kappa shape index (κ2) is 10.7. The van der Waals surface area contributed by atoms with E-state index in [9.17, 15) is 0 Å². The number of aromatic hydroxyl groups is 1. The van der Waals surface area contributed by atoms with Gasteiger partial charge >= 0.3 is 0 Å². The van der Waals surface area contributed by atoms with Crippen LogP contribution in [0.1, 0.15) is 5.56 Å². The first kappa shape index (κ1) is 17.7. The zero-order valence-corrected chi connectivity index (χ0v) is 9.11. The minimum absolute atomic E-state index is 0. The van der Waals surface area contributed by atoms with Crippen LogP contribution in [0, 0.1) is 6.92 Å². The fourth-order valence-electron chi connectivity index (χ4n) is 0.545. The molecule has 1 aromatic carbocycles. The Balaban J connectivity index is -0.000000189. The molecular weight excluding hydrogens is 218 g/mol. The van der Waals surface area contributed by atoms with Crippen LogP contribution in [0.4, 0.5) is 0 Å². The SMILES string of the molecule is Cc1ccc(O)cc1.Cl.Cl.O=P. The smallest absolute Gasteiger partial charge is 0.138 e. The Hall–Kier alpha value is -0.300. The van der Waals surface area contributed by atoms with Crippen LogP contribution in [0.15, 0.2) is 24.3 Å². The summed E-state index contributed by atoms with van der Waals surface area (Å²) >= 11 is 0. The van der Waals surface area contributed by atoms with Crippen molar-refractivity contribution < 1.29 is 9.67 Å². The molecule has 0 bridgehead atoms.